The highest BCUT2D eigenvalue weighted by Crippen LogP contribution is 2.29. The minimum absolute atomic E-state index is 0.111. The number of benzene rings is 2. The van der Waals surface area contributed by atoms with Gasteiger partial charge in [-0.05, 0) is 36.1 Å². The van der Waals surface area contributed by atoms with Crippen molar-refractivity contribution in [3.05, 3.63) is 71.3 Å². The number of halogens is 3. The Labute approximate surface area is 144 Å². The van der Waals surface area contributed by atoms with E-state index in [4.69, 9.17) is 0 Å². The SMILES string of the molecule is O=C(NC1CC1)[C@@H](NCc1ccc(C(F)(F)F)cc1)c1ccccc1. The maximum Gasteiger partial charge on any atom is 0.416 e. The van der Waals surface area contributed by atoms with Gasteiger partial charge in [0.2, 0.25) is 5.91 Å². The van der Waals surface area contributed by atoms with Gasteiger partial charge in [0.15, 0.2) is 0 Å². The predicted octanol–water partition coefficient (Wildman–Crippen LogP) is 3.81. The molecule has 0 heterocycles. The first-order chi connectivity index (χ1) is 11.9. The van der Waals surface area contributed by atoms with Crippen molar-refractivity contribution >= 4 is 5.91 Å². The fourth-order valence-electron chi connectivity index (χ4n) is 2.55. The number of carbonyl (C=O) groups excluding carboxylic acids is 1. The van der Waals surface area contributed by atoms with Gasteiger partial charge in [-0.1, -0.05) is 42.5 Å². The number of nitrogens with one attached hydrogen (secondary N) is 2. The normalized spacial score (nSPS) is 15.6. The Balaban J connectivity index is 1.68. The van der Waals surface area contributed by atoms with Crippen LogP contribution in [-0.4, -0.2) is 11.9 Å². The quantitative estimate of drug-likeness (QED) is 0.833. The molecule has 1 aliphatic carbocycles. The third-order valence-corrected chi connectivity index (χ3v) is 4.11. The molecule has 1 saturated carbocycles. The van der Waals surface area contributed by atoms with Gasteiger partial charge in [-0.15, -0.1) is 0 Å². The van der Waals surface area contributed by atoms with Crippen molar-refractivity contribution in [1.29, 1.82) is 0 Å². The van der Waals surface area contributed by atoms with Crippen molar-refractivity contribution < 1.29 is 18.0 Å². The molecule has 1 atom stereocenters. The van der Waals surface area contributed by atoms with E-state index in [-0.39, 0.29) is 11.9 Å². The molecule has 6 heteroatoms. The summed E-state index contributed by atoms with van der Waals surface area (Å²) in [5, 5.41) is 6.12. The average molecular weight is 348 g/mol. The van der Waals surface area contributed by atoms with Gasteiger partial charge in [0.1, 0.15) is 6.04 Å². The molecule has 0 aromatic heterocycles. The highest BCUT2D eigenvalue weighted by molar-refractivity contribution is 5.83. The summed E-state index contributed by atoms with van der Waals surface area (Å²) in [5.41, 5.74) is 0.836. The number of hydrogen-bond acceptors (Lipinski definition) is 2. The second-order valence-corrected chi connectivity index (χ2v) is 6.20. The standard InChI is InChI=1S/C19H19F3N2O/c20-19(21,22)15-8-6-13(7-9-15)12-23-17(14-4-2-1-3-5-14)18(25)24-16-10-11-16/h1-9,16-17,23H,10-12H2,(H,24,25)/t17-/m0/s1. The Kier molecular flexibility index (Phi) is 5.08. The minimum atomic E-state index is -4.34. The second kappa shape index (κ2) is 7.27. The molecular weight excluding hydrogens is 329 g/mol. The Morgan fingerprint density at radius 3 is 2.24 bits per heavy atom. The third kappa shape index (κ3) is 4.82. The van der Waals surface area contributed by atoms with Crippen molar-refractivity contribution in [2.24, 2.45) is 0 Å². The van der Waals surface area contributed by atoms with E-state index in [1.807, 2.05) is 30.3 Å². The molecule has 0 aliphatic heterocycles. The van der Waals surface area contributed by atoms with E-state index >= 15 is 0 Å². The summed E-state index contributed by atoms with van der Waals surface area (Å²) in [6, 6.07) is 14.0. The van der Waals surface area contributed by atoms with Crippen LogP contribution in [0.4, 0.5) is 13.2 Å². The first kappa shape index (κ1) is 17.5. The molecular formula is C19H19F3N2O. The lowest BCUT2D eigenvalue weighted by molar-refractivity contribution is -0.137. The Bertz CT molecular complexity index is 710. The van der Waals surface area contributed by atoms with Gasteiger partial charge < -0.3 is 5.32 Å². The van der Waals surface area contributed by atoms with Crippen LogP contribution in [0.15, 0.2) is 54.6 Å². The summed E-state index contributed by atoms with van der Waals surface area (Å²) in [6.45, 7) is 0.301. The molecule has 2 aromatic rings. The van der Waals surface area contributed by atoms with Crippen molar-refractivity contribution in [1.82, 2.24) is 10.6 Å². The van der Waals surface area contributed by atoms with Crippen LogP contribution in [0.2, 0.25) is 0 Å². The third-order valence-electron chi connectivity index (χ3n) is 4.11. The summed E-state index contributed by atoms with van der Waals surface area (Å²) in [4.78, 5) is 12.5. The molecule has 1 aliphatic rings. The summed E-state index contributed by atoms with van der Waals surface area (Å²) in [5.74, 6) is -0.111. The highest BCUT2D eigenvalue weighted by Gasteiger charge is 2.30. The van der Waals surface area contributed by atoms with Gasteiger partial charge in [-0.25, -0.2) is 0 Å². The zero-order valence-corrected chi connectivity index (χ0v) is 13.5. The maximum absolute atomic E-state index is 12.6. The lowest BCUT2D eigenvalue weighted by Crippen LogP contribution is -2.38. The summed E-state index contributed by atoms with van der Waals surface area (Å²) >= 11 is 0. The van der Waals surface area contributed by atoms with Gasteiger partial charge in [-0.2, -0.15) is 13.2 Å². The lowest BCUT2D eigenvalue weighted by Gasteiger charge is -2.19. The molecule has 2 N–H and O–H groups in total. The van der Waals surface area contributed by atoms with E-state index in [1.54, 1.807) is 0 Å². The van der Waals surface area contributed by atoms with Gasteiger partial charge in [0, 0.05) is 12.6 Å². The van der Waals surface area contributed by atoms with Gasteiger partial charge in [0.05, 0.1) is 5.56 Å². The first-order valence-electron chi connectivity index (χ1n) is 8.18. The topological polar surface area (TPSA) is 41.1 Å². The zero-order chi connectivity index (χ0) is 17.9. The average Bonchev–Trinajstić information content (AvgIpc) is 3.39. The smallest absolute Gasteiger partial charge is 0.352 e. The fourth-order valence-corrected chi connectivity index (χ4v) is 2.55. The molecule has 3 nitrogen and oxygen atoms in total. The van der Waals surface area contributed by atoms with E-state index in [1.165, 1.54) is 12.1 Å². The lowest BCUT2D eigenvalue weighted by atomic mass is 10.1. The Hall–Kier alpha value is -2.34. The molecule has 0 bridgehead atoms. The predicted molar refractivity (Wildman–Crippen MR) is 88.6 cm³/mol. The van der Waals surface area contributed by atoms with Crippen molar-refractivity contribution in [3.8, 4) is 0 Å². The largest absolute Gasteiger partial charge is 0.416 e. The molecule has 132 valence electrons. The number of rotatable bonds is 6. The maximum atomic E-state index is 12.6. The Morgan fingerprint density at radius 1 is 1.04 bits per heavy atom. The minimum Gasteiger partial charge on any atom is -0.352 e. The number of amides is 1. The van der Waals surface area contributed by atoms with Gasteiger partial charge in [0.25, 0.3) is 0 Å². The van der Waals surface area contributed by atoms with Crippen LogP contribution in [0, 0.1) is 0 Å². The highest BCUT2D eigenvalue weighted by atomic mass is 19.4. The molecule has 1 amide bonds. The van der Waals surface area contributed by atoms with Crippen molar-refractivity contribution in [2.45, 2.75) is 37.6 Å². The summed E-state index contributed by atoms with van der Waals surface area (Å²) < 4.78 is 37.9. The molecule has 0 radical (unpaired) electrons. The van der Waals surface area contributed by atoms with Crippen LogP contribution < -0.4 is 10.6 Å². The van der Waals surface area contributed by atoms with Crippen LogP contribution in [-0.2, 0) is 17.5 Å². The van der Waals surface area contributed by atoms with Crippen LogP contribution in [0.1, 0.15) is 35.6 Å². The van der Waals surface area contributed by atoms with Crippen molar-refractivity contribution in [2.75, 3.05) is 0 Å². The molecule has 0 unspecified atom stereocenters. The van der Waals surface area contributed by atoms with Gasteiger partial charge >= 0.3 is 6.18 Å². The van der Waals surface area contributed by atoms with Crippen LogP contribution >= 0.6 is 0 Å². The Morgan fingerprint density at radius 2 is 1.68 bits per heavy atom. The van der Waals surface area contributed by atoms with Crippen molar-refractivity contribution in [3.63, 3.8) is 0 Å². The van der Waals surface area contributed by atoms with Crippen LogP contribution in [0.5, 0.6) is 0 Å². The fraction of sp³-hybridized carbons (Fsp3) is 0.316. The molecule has 1 fully saturated rings. The number of carbonyl (C=O) groups is 1. The number of hydrogen-bond donors (Lipinski definition) is 2. The zero-order valence-electron chi connectivity index (χ0n) is 13.5. The monoisotopic (exact) mass is 348 g/mol. The van der Waals surface area contributed by atoms with E-state index in [0.29, 0.717) is 12.1 Å². The van der Waals surface area contributed by atoms with E-state index in [0.717, 1.165) is 30.5 Å². The van der Waals surface area contributed by atoms with E-state index in [9.17, 15) is 18.0 Å². The number of alkyl halides is 3. The molecule has 0 spiro atoms. The molecule has 3 rings (SSSR count). The van der Waals surface area contributed by atoms with E-state index < -0.39 is 17.8 Å². The first-order valence-corrected chi connectivity index (χ1v) is 8.18. The summed E-state index contributed by atoms with van der Waals surface area (Å²) in [7, 11) is 0. The molecule has 0 saturated heterocycles. The van der Waals surface area contributed by atoms with Crippen LogP contribution in [0.3, 0.4) is 0 Å². The van der Waals surface area contributed by atoms with Crippen LogP contribution in [0.25, 0.3) is 0 Å². The van der Waals surface area contributed by atoms with Gasteiger partial charge in [-0.3, -0.25) is 10.1 Å². The second-order valence-electron chi connectivity index (χ2n) is 6.20. The summed E-state index contributed by atoms with van der Waals surface area (Å²) in [6.07, 6.45) is -2.36. The molecule has 2 aromatic carbocycles. The molecule has 25 heavy (non-hydrogen) atoms. The van der Waals surface area contributed by atoms with E-state index in [2.05, 4.69) is 10.6 Å².